The van der Waals surface area contributed by atoms with Crippen molar-refractivity contribution in [3.8, 4) is 17.0 Å². The number of anilines is 2. The molecule has 0 saturated carbocycles. The Morgan fingerprint density at radius 1 is 1.02 bits per heavy atom. The Hall–Kier alpha value is -5.69. The fraction of sp³-hybridized carbons (Fsp3) is 0.171. The van der Waals surface area contributed by atoms with Crippen LogP contribution in [-0.2, 0) is 6.18 Å². The molecule has 13 heteroatoms. The van der Waals surface area contributed by atoms with Gasteiger partial charge in [-0.15, -0.1) is 0 Å². The molecule has 5 aromatic rings. The van der Waals surface area contributed by atoms with Crippen LogP contribution in [0, 0.1) is 5.82 Å². The summed E-state index contributed by atoms with van der Waals surface area (Å²) in [5.41, 5.74) is 2.35. The second kappa shape index (κ2) is 13.6. The lowest BCUT2D eigenvalue weighted by molar-refractivity contribution is -0.137. The van der Waals surface area contributed by atoms with Crippen molar-refractivity contribution in [2.24, 2.45) is 4.99 Å². The first kappa shape index (κ1) is 32.3. The van der Waals surface area contributed by atoms with Gasteiger partial charge in [-0.25, -0.2) is 14.4 Å². The second-order valence-electron chi connectivity index (χ2n) is 11.2. The molecule has 0 spiro atoms. The van der Waals surface area contributed by atoms with E-state index in [2.05, 4.69) is 20.9 Å². The van der Waals surface area contributed by atoms with Crippen molar-refractivity contribution >= 4 is 34.8 Å². The summed E-state index contributed by atoms with van der Waals surface area (Å²) < 4.78 is 61.8. The van der Waals surface area contributed by atoms with E-state index in [9.17, 15) is 22.4 Å². The van der Waals surface area contributed by atoms with Gasteiger partial charge in [0.15, 0.2) is 6.29 Å². The summed E-state index contributed by atoms with van der Waals surface area (Å²) in [4.78, 5) is 24.6. The number of ether oxygens (including phenoxy) is 1. The van der Waals surface area contributed by atoms with E-state index >= 15 is 0 Å². The van der Waals surface area contributed by atoms with Crippen LogP contribution in [0.5, 0.6) is 5.75 Å². The van der Waals surface area contributed by atoms with E-state index < -0.39 is 35.4 Å². The summed E-state index contributed by atoms with van der Waals surface area (Å²) in [5, 5.41) is 9.04. The van der Waals surface area contributed by atoms with E-state index in [0.717, 1.165) is 18.0 Å². The normalized spacial score (nSPS) is 14.5. The number of pyridine rings is 1. The summed E-state index contributed by atoms with van der Waals surface area (Å²) in [7, 11) is 3.96. The van der Waals surface area contributed by atoms with Crippen LogP contribution in [0.3, 0.4) is 0 Å². The number of benzene rings is 3. The molecule has 9 nitrogen and oxygen atoms in total. The fourth-order valence-electron chi connectivity index (χ4n) is 5.09. The summed E-state index contributed by atoms with van der Waals surface area (Å²) >= 11 is 0. The van der Waals surface area contributed by atoms with Gasteiger partial charge in [0, 0.05) is 41.8 Å². The van der Waals surface area contributed by atoms with Crippen LogP contribution in [0.15, 0.2) is 102 Å². The van der Waals surface area contributed by atoms with E-state index in [1.54, 1.807) is 24.4 Å². The number of nitrogens with zero attached hydrogens (tertiary/aromatic N) is 4. The number of alkyl halides is 3. The van der Waals surface area contributed by atoms with Crippen LogP contribution in [0.1, 0.15) is 21.6 Å². The van der Waals surface area contributed by atoms with Gasteiger partial charge in [0.1, 0.15) is 23.8 Å². The van der Waals surface area contributed by atoms with E-state index in [1.807, 2.05) is 78.1 Å². The summed E-state index contributed by atoms with van der Waals surface area (Å²) in [6.07, 6.45) is 0.118. The predicted octanol–water partition coefficient (Wildman–Crippen LogP) is 6.76. The highest BCUT2D eigenvalue weighted by atomic mass is 19.4. The quantitative estimate of drug-likeness (QED) is 0.144. The molecule has 0 saturated heterocycles. The lowest BCUT2D eigenvalue weighted by atomic mass is 10.0. The van der Waals surface area contributed by atoms with Gasteiger partial charge in [0.25, 0.3) is 5.91 Å². The fourth-order valence-corrected chi connectivity index (χ4v) is 5.09. The number of amides is 1. The molecule has 246 valence electrons. The van der Waals surface area contributed by atoms with Crippen LogP contribution in [-0.4, -0.2) is 59.9 Å². The van der Waals surface area contributed by atoms with Gasteiger partial charge in [-0.3, -0.25) is 9.20 Å². The lowest BCUT2D eigenvalue weighted by Gasteiger charge is -2.23. The van der Waals surface area contributed by atoms with Crippen molar-refractivity contribution < 1.29 is 27.1 Å². The van der Waals surface area contributed by atoms with E-state index in [-0.39, 0.29) is 5.56 Å². The zero-order valence-corrected chi connectivity index (χ0v) is 25.9. The zero-order valence-electron chi connectivity index (χ0n) is 25.9. The van der Waals surface area contributed by atoms with Gasteiger partial charge in [0.2, 0.25) is 0 Å². The topological polar surface area (TPSA) is 95.3 Å². The smallest absolute Gasteiger partial charge is 0.416 e. The molecule has 48 heavy (non-hydrogen) atoms. The Balaban J connectivity index is 1.26. The molecular weight excluding hydrogens is 626 g/mol. The van der Waals surface area contributed by atoms with Crippen molar-refractivity contribution in [3.63, 3.8) is 0 Å². The number of halogens is 4. The van der Waals surface area contributed by atoms with Crippen LogP contribution in [0.2, 0.25) is 0 Å². The van der Waals surface area contributed by atoms with Crippen molar-refractivity contribution in [3.05, 3.63) is 120 Å². The minimum atomic E-state index is -4.70. The number of likely N-dealkylation sites (N-methyl/N-ethyl adjacent to an activating group) is 1. The Kier molecular flexibility index (Phi) is 9.13. The minimum absolute atomic E-state index is 0.103. The number of allylic oxidation sites excluding steroid dienone is 1. The SMILES string of the molecule is CN(C)CCOc1cccc(NC2N=CC=C(c3c(-c4cccc(C(=O)Nc5cc(C(F)(F)F)ccc5F)c4)nc4ccccn34)N2)c1. The molecule has 3 N–H and O–H groups in total. The number of hydrogen-bond acceptors (Lipinski definition) is 7. The van der Waals surface area contributed by atoms with Crippen molar-refractivity contribution in [1.29, 1.82) is 0 Å². The van der Waals surface area contributed by atoms with Crippen molar-refractivity contribution in [2.45, 2.75) is 12.5 Å². The molecule has 0 aliphatic carbocycles. The largest absolute Gasteiger partial charge is 0.492 e. The lowest BCUT2D eigenvalue weighted by Crippen LogP contribution is -2.35. The Morgan fingerprint density at radius 3 is 2.67 bits per heavy atom. The third-order valence-corrected chi connectivity index (χ3v) is 7.44. The number of rotatable bonds is 10. The first-order chi connectivity index (χ1) is 23.0. The summed E-state index contributed by atoms with van der Waals surface area (Å²) in [6, 6.07) is 21.4. The molecule has 1 aliphatic heterocycles. The molecule has 3 heterocycles. The second-order valence-corrected chi connectivity index (χ2v) is 11.2. The molecule has 0 bridgehead atoms. The maximum Gasteiger partial charge on any atom is 0.416 e. The van der Waals surface area contributed by atoms with Crippen LogP contribution in [0.25, 0.3) is 22.6 Å². The van der Waals surface area contributed by atoms with Gasteiger partial charge in [0.05, 0.1) is 28.3 Å². The first-order valence-electron chi connectivity index (χ1n) is 15.0. The summed E-state index contributed by atoms with van der Waals surface area (Å²) in [5.74, 6) is -1.04. The highest BCUT2D eigenvalue weighted by Crippen LogP contribution is 2.33. The zero-order chi connectivity index (χ0) is 33.8. The highest BCUT2D eigenvalue weighted by Gasteiger charge is 2.31. The monoisotopic (exact) mass is 657 g/mol. The number of aromatic nitrogens is 2. The van der Waals surface area contributed by atoms with Crippen LogP contribution >= 0.6 is 0 Å². The molecule has 1 atom stereocenters. The molecule has 1 aliphatic rings. The highest BCUT2D eigenvalue weighted by molar-refractivity contribution is 6.05. The van der Waals surface area contributed by atoms with Gasteiger partial charge in [-0.1, -0.05) is 24.3 Å². The number of carbonyl (C=O) groups excluding carboxylic acids is 1. The van der Waals surface area contributed by atoms with Gasteiger partial charge in [-0.05, 0) is 74.8 Å². The molecule has 1 amide bonds. The number of aliphatic imine (C=N–C) groups is 1. The standard InChI is InChI=1S/C35H31F4N7O2/c1-45(2)17-18-48-26-10-6-9-25(21-26)41-34-40-15-14-28(43-34)32-31(44-30-11-3-4-16-46(30)32)22-7-5-8-23(19-22)33(47)42-29-20-24(35(37,38)39)12-13-27(29)36/h3-16,19-21,34,41,43H,17-18H2,1-2H3,(H,42,47). The number of fused-ring (bicyclic) bond motifs is 1. The Morgan fingerprint density at radius 2 is 1.85 bits per heavy atom. The predicted molar refractivity (Wildman–Crippen MR) is 177 cm³/mol. The van der Waals surface area contributed by atoms with Crippen LogP contribution in [0.4, 0.5) is 28.9 Å². The Labute approximate surface area is 273 Å². The molecule has 0 fully saturated rings. The molecule has 2 aromatic heterocycles. The van der Waals surface area contributed by atoms with Gasteiger partial charge in [-0.2, -0.15) is 13.2 Å². The summed E-state index contributed by atoms with van der Waals surface area (Å²) in [6.45, 7) is 1.33. The molecular formula is C35H31F4N7O2. The average molecular weight is 658 g/mol. The Bertz CT molecular complexity index is 2020. The number of carbonyl (C=O) groups is 1. The van der Waals surface area contributed by atoms with Crippen molar-refractivity contribution in [2.75, 3.05) is 37.9 Å². The first-order valence-corrected chi connectivity index (χ1v) is 15.0. The molecule has 0 radical (unpaired) electrons. The maximum atomic E-state index is 14.4. The van der Waals surface area contributed by atoms with E-state index in [4.69, 9.17) is 9.72 Å². The molecule has 1 unspecified atom stereocenters. The van der Waals surface area contributed by atoms with Gasteiger partial charge >= 0.3 is 6.18 Å². The van der Waals surface area contributed by atoms with E-state index in [0.29, 0.717) is 53.1 Å². The van der Waals surface area contributed by atoms with Crippen molar-refractivity contribution in [1.82, 2.24) is 19.6 Å². The number of nitrogens with one attached hydrogen (secondary N) is 3. The van der Waals surface area contributed by atoms with Crippen LogP contribution < -0.4 is 20.7 Å². The third-order valence-electron chi connectivity index (χ3n) is 7.44. The average Bonchev–Trinajstić information content (AvgIpc) is 3.45. The van der Waals surface area contributed by atoms with Gasteiger partial charge < -0.3 is 25.6 Å². The molecule has 6 rings (SSSR count). The number of imidazole rings is 1. The molecule has 3 aromatic carbocycles. The third kappa shape index (κ3) is 7.31. The van der Waals surface area contributed by atoms with E-state index in [1.165, 1.54) is 6.07 Å². The maximum absolute atomic E-state index is 14.4. The minimum Gasteiger partial charge on any atom is -0.492 e. The number of hydrogen-bond donors (Lipinski definition) is 3.